The van der Waals surface area contributed by atoms with Crippen molar-refractivity contribution in [2.45, 2.75) is 6.04 Å². The smallest absolute Gasteiger partial charge is 0.257 e. The highest BCUT2D eigenvalue weighted by Gasteiger charge is 2.23. The van der Waals surface area contributed by atoms with Gasteiger partial charge in [0.25, 0.3) is 5.91 Å². The topological polar surface area (TPSA) is 73.3 Å². The monoisotopic (exact) mass is 349 g/mol. The second kappa shape index (κ2) is 8.11. The molecule has 0 aliphatic rings. The Balaban J connectivity index is 2.01. The Kier molecular flexibility index (Phi) is 5.43. The van der Waals surface area contributed by atoms with Crippen LogP contribution in [0.25, 0.3) is 0 Å². The molecule has 1 aromatic carbocycles. The first kappa shape index (κ1) is 17.4. The molecule has 6 heteroatoms. The Morgan fingerprint density at radius 2 is 1.69 bits per heavy atom. The van der Waals surface area contributed by atoms with Crippen LogP contribution in [0.2, 0.25) is 0 Å². The predicted molar refractivity (Wildman–Crippen MR) is 97.3 cm³/mol. The first-order valence-electron chi connectivity index (χ1n) is 8.08. The number of methoxy groups -OCH3 is 2. The highest BCUT2D eigenvalue weighted by Crippen LogP contribution is 2.29. The van der Waals surface area contributed by atoms with Crippen molar-refractivity contribution in [2.24, 2.45) is 0 Å². The minimum absolute atomic E-state index is 0.268. The molecule has 3 rings (SSSR count). The summed E-state index contributed by atoms with van der Waals surface area (Å²) in [4.78, 5) is 21.4. The quantitative estimate of drug-likeness (QED) is 0.740. The van der Waals surface area contributed by atoms with Crippen molar-refractivity contribution in [3.63, 3.8) is 0 Å². The Morgan fingerprint density at radius 1 is 0.923 bits per heavy atom. The average molecular weight is 349 g/mol. The number of benzene rings is 1. The summed E-state index contributed by atoms with van der Waals surface area (Å²) in [5.74, 6) is 0.628. The molecule has 0 saturated carbocycles. The van der Waals surface area contributed by atoms with Crippen LogP contribution in [0.1, 0.15) is 27.7 Å². The van der Waals surface area contributed by atoms with Crippen LogP contribution in [0.3, 0.4) is 0 Å². The Morgan fingerprint density at radius 3 is 2.42 bits per heavy atom. The van der Waals surface area contributed by atoms with E-state index in [2.05, 4.69) is 15.3 Å². The number of pyridine rings is 2. The molecule has 0 bridgehead atoms. The molecule has 1 atom stereocenters. The highest BCUT2D eigenvalue weighted by molar-refractivity contribution is 5.96. The number of rotatable bonds is 6. The van der Waals surface area contributed by atoms with Gasteiger partial charge in [0, 0.05) is 18.0 Å². The molecule has 132 valence electrons. The van der Waals surface area contributed by atoms with E-state index >= 15 is 0 Å². The number of hydrogen-bond acceptors (Lipinski definition) is 5. The average Bonchev–Trinajstić information content (AvgIpc) is 2.72. The van der Waals surface area contributed by atoms with Gasteiger partial charge in [0.05, 0.1) is 19.9 Å². The highest BCUT2D eigenvalue weighted by atomic mass is 16.5. The van der Waals surface area contributed by atoms with Gasteiger partial charge in [0.2, 0.25) is 5.88 Å². The summed E-state index contributed by atoms with van der Waals surface area (Å²) in [7, 11) is 3.08. The van der Waals surface area contributed by atoms with Crippen LogP contribution in [0.4, 0.5) is 0 Å². The standard InChI is InChI=1S/C20H19N3O3/c1-25-17-11-4-3-8-14(17)18(16-10-5-6-12-21-16)23-19(24)15-9-7-13-22-20(15)26-2/h3-13,18H,1-2H3,(H,23,24)/t18-/m1/s1. The van der Waals surface area contributed by atoms with E-state index in [9.17, 15) is 4.79 Å². The minimum atomic E-state index is -0.482. The maximum atomic E-state index is 12.9. The van der Waals surface area contributed by atoms with Crippen LogP contribution in [0.15, 0.2) is 67.0 Å². The molecule has 0 fully saturated rings. The van der Waals surface area contributed by atoms with Crippen molar-refractivity contribution in [1.82, 2.24) is 15.3 Å². The number of nitrogens with one attached hydrogen (secondary N) is 1. The Hall–Kier alpha value is -3.41. The lowest BCUT2D eigenvalue weighted by Crippen LogP contribution is -2.30. The Labute approximate surface area is 151 Å². The normalized spacial score (nSPS) is 11.5. The fourth-order valence-electron chi connectivity index (χ4n) is 2.70. The van der Waals surface area contributed by atoms with Crippen LogP contribution >= 0.6 is 0 Å². The van der Waals surface area contributed by atoms with Gasteiger partial charge in [-0.1, -0.05) is 24.3 Å². The van der Waals surface area contributed by atoms with Crippen LogP contribution in [0, 0.1) is 0 Å². The van der Waals surface area contributed by atoms with Gasteiger partial charge in [-0.2, -0.15) is 0 Å². The van der Waals surface area contributed by atoms with Crippen molar-refractivity contribution >= 4 is 5.91 Å². The summed E-state index contributed by atoms with van der Waals surface area (Å²) in [5.41, 5.74) is 1.86. The number of para-hydroxylation sites is 1. The van der Waals surface area contributed by atoms with E-state index in [1.165, 1.54) is 7.11 Å². The molecule has 2 heterocycles. The van der Waals surface area contributed by atoms with E-state index in [0.717, 1.165) is 5.56 Å². The second-order valence-corrected chi connectivity index (χ2v) is 5.46. The molecule has 0 unspecified atom stereocenters. The number of amides is 1. The van der Waals surface area contributed by atoms with Gasteiger partial charge in [0.15, 0.2) is 0 Å². The number of ether oxygens (including phenoxy) is 2. The molecule has 0 aliphatic carbocycles. The van der Waals surface area contributed by atoms with Gasteiger partial charge >= 0.3 is 0 Å². The number of carbonyl (C=O) groups excluding carboxylic acids is 1. The van der Waals surface area contributed by atoms with Crippen molar-refractivity contribution in [2.75, 3.05) is 14.2 Å². The summed E-state index contributed by atoms with van der Waals surface area (Å²) in [6, 6.07) is 16.0. The maximum absolute atomic E-state index is 12.9. The molecule has 26 heavy (non-hydrogen) atoms. The lowest BCUT2D eigenvalue weighted by Gasteiger charge is -2.21. The molecular weight excluding hydrogens is 330 g/mol. The van der Waals surface area contributed by atoms with Gasteiger partial charge in [-0.05, 0) is 30.3 Å². The zero-order valence-corrected chi connectivity index (χ0v) is 14.5. The minimum Gasteiger partial charge on any atom is -0.496 e. The molecule has 1 N–H and O–H groups in total. The van der Waals surface area contributed by atoms with Crippen molar-refractivity contribution in [3.8, 4) is 11.6 Å². The molecule has 0 saturated heterocycles. The fourth-order valence-corrected chi connectivity index (χ4v) is 2.70. The molecule has 0 aliphatic heterocycles. The van der Waals surface area contributed by atoms with Crippen LogP contribution < -0.4 is 14.8 Å². The third-order valence-electron chi connectivity index (χ3n) is 3.92. The first-order valence-corrected chi connectivity index (χ1v) is 8.08. The molecule has 2 aromatic heterocycles. The van der Waals surface area contributed by atoms with Crippen LogP contribution in [-0.2, 0) is 0 Å². The maximum Gasteiger partial charge on any atom is 0.257 e. The van der Waals surface area contributed by atoms with Gasteiger partial charge in [-0.15, -0.1) is 0 Å². The zero-order chi connectivity index (χ0) is 18.4. The summed E-state index contributed by atoms with van der Waals surface area (Å²) in [5, 5.41) is 3.01. The largest absolute Gasteiger partial charge is 0.496 e. The van der Waals surface area contributed by atoms with E-state index in [1.54, 1.807) is 31.6 Å². The van der Waals surface area contributed by atoms with Gasteiger partial charge in [-0.25, -0.2) is 4.98 Å². The second-order valence-electron chi connectivity index (χ2n) is 5.46. The SMILES string of the molecule is COc1ccccc1[C@@H](NC(=O)c1cccnc1OC)c1ccccn1. The Bertz CT molecular complexity index is 884. The summed E-state index contributed by atoms with van der Waals surface area (Å²) in [6.07, 6.45) is 3.26. The van der Waals surface area contributed by atoms with E-state index in [1.807, 2.05) is 42.5 Å². The molecule has 3 aromatic rings. The predicted octanol–water partition coefficient (Wildman–Crippen LogP) is 3.01. The molecule has 0 radical (unpaired) electrons. The molecular formula is C20H19N3O3. The fraction of sp³-hybridized carbons (Fsp3) is 0.150. The van der Waals surface area contributed by atoms with Crippen LogP contribution in [0.5, 0.6) is 11.6 Å². The zero-order valence-electron chi connectivity index (χ0n) is 14.5. The van der Waals surface area contributed by atoms with E-state index in [-0.39, 0.29) is 11.8 Å². The third kappa shape index (κ3) is 3.64. The van der Waals surface area contributed by atoms with Crippen LogP contribution in [-0.4, -0.2) is 30.1 Å². The van der Waals surface area contributed by atoms with Gasteiger partial charge in [-0.3, -0.25) is 9.78 Å². The van der Waals surface area contributed by atoms with Gasteiger partial charge in [0.1, 0.15) is 17.4 Å². The first-order chi connectivity index (χ1) is 12.7. The lowest BCUT2D eigenvalue weighted by molar-refractivity contribution is 0.0938. The summed E-state index contributed by atoms with van der Waals surface area (Å²) >= 11 is 0. The van der Waals surface area contributed by atoms with E-state index in [4.69, 9.17) is 9.47 Å². The van der Waals surface area contributed by atoms with E-state index < -0.39 is 6.04 Å². The number of hydrogen-bond donors (Lipinski definition) is 1. The lowest BCUT2D eigenvalue weighted by atomic mass is 10.0. The number of carbonyl (C=O) groups is 1. The summed E-state index contributed by atoms with van der Waals surface area (Å²) in [6.45, 7) is 0. The molecule has 0 spiro atoms. The van der Waals surface area contributed by atoms with Gasteiger partial charge < -0.3 is 14.8 Å². The van der Waals surface area contributed by atoms with Crippen molar-refractivity contribution in [1.29, 1.82) is 0 Å². The molecule has 6 nitrogen and oxygen atoms in total. The third-order valence-corrected chi connectivity index (χ3v) is 3.92. The molecule has 1 amide bonds. The number of aromatic nitrogens is 2. The number of nitrogens with zero attached hydrogens (tertiary/aromatic N) is 2. The van der Waals surface area contributed by atoms with E-state index in [0.29, 0.717) is 17.0 Å². The summed E-state index contributed by atoms with van der Waals surface area (Å²) < 4.78 is 10.7. The van der Waals surface area contributed by atoms with Crippen molar-refractivity contribution in [3.05, 3.63) is 83.8 Å². The van der Waals surface area contributed by atoms with Crippen molar-refractivity contribution < 1.29 is 14.3 Å².